The predicted octanol–water partition coefficient (Wildman–Crippen LogP) is 5.27. The molecule has 0 unspecified atom stereocenters. The van der Waals surface area contributed by atoms with Crippen LogP contribution in [0.4, 0.5) is 0 Å². The fraction of sp³-hybridized carbons (Fsp3) is 1.00. The van der Waals surface area contributed by atoms with E-state index in [4.69, 9.17) is 0 Å². The summed E-state index contributed by atoms with van der Waals surface area (Å²) in [5.41, 5.74) is 0. The molecule has 0 aromatic heterocycles. The average Bonchev–Trinajstić information content (AvgIpc) is 2.26. The van der Waals surface area contributed by atoms with Crippen LogP contribution in [0, 0.1) is 0 Å². The second-order valence-electron chi connectivity index (χ2n) is 4.59. The van der Waals surface area contributed by atoms with Crippen molar-refractivity contribution in [2.75, 3.05) is 0 Å². The molecule has 0 bridgehead atoms. The van der Waals surface area contributed by atoms with Gasteiger partial charge in [0.1, 0.15) is 0 Å². The maximum atomic E-state index is 3.08. The number of hydrogen-bond acceptors (Lipinski definition) is 0. The van der Waals surface area contributed by atoms with E-state index in [2.05, 4.69) is 22.9 Å². The molecule has 0 nitrogen and oxygen atoms in total. The molecule has 0 atom stereocenters. The van der Waals surface area contributed by atoms with Crippen LogP contribution in [0.2, 0.25) is 5.32 Å². The van der Waals surface area contributed by atoms with Crippen molar-refractivity contribution in [2.45, 2.75) is 89.3 Å². The van der Waals surface area contributed by atoms with Crippen LogP contribution in [-0.2, 0) is 0 Å². The fourth-order valence-corrected chi connectivity index (χ4v) is 2.37. The van der Waals surface area contributed by atoms with Crippen LogP contribution in [0.3, 0.4) is 0 Å². The van der Waals surface area contributed by atoms with Crippen LogP contribution in [-0.4, -0.2) is 16.0 Å². The second-order valence-corrected chi connectivity index (χ2v) is 5.45. The van der Waals surface area contributed by atoms with Crippen LogP contribution in [0.5, 0.6) is 0 Å². The van der Waals surface area contributed by atoms with Crippen LogP contribution in [0.15, 0.2) is 0 Å². The van der Waals surface area contributed by atoms with Crippen LogP contribution in [0.25, 0.3) is 0 Å². The summed E-state index contributed by atoms with van der Waals surface area (Å²) in [6.45, 7) is 2.29. The Labute approximate surface area is 105 Å². The van der Waals surface area contributed by atoms with Gasteiger partial charge in [-0.1, -0.05) is 13.3 Å². The first-order chi connectivity index (χ1) is 7.41. The zero-order chi connectivity index (χ0) is 11.2. The van der Waals surface area contributed by atoms with E-state index in [-0.39, 0.29) is 0 Å². The first kappa shape index (κ1) is 15.5. The van der Waals surface area contributed by atoms with Crippen LogP contribution < -0.4 is 0 Å². The van der Waals surface area contributed by atoms with Crippen molar-refractivity contribution < 1.29 is 0 Å². The van der Waals surface area contributed by atoms with Gasteiger partial charge < -0.3 is 0 Å². The van der Waals surface area contributed by atoms with Gasteiger partial charge in [0.2, 0.25) is 0 Å². The van der Waals surface area contributed by atoms with E-state index in [1.54, 1.807) is 0 Å². The Morgan fingerprint density at radius 1 is 0.533 bits per heavy atom. The van der Waals surface area contributed by atoms with Crippen molar-refractivity contribution in [2.24, 2.45) is 0 Å². The number of hydrogen-bond donors (Lipinski definition) is 0. The van der Waals surface area contributed by atoms with Gasteiger partial charge in [-0.15, -0.1) is 0 Å². The van der Waals surface area contributed by atoms with E-state index in [9.17, 15) is 0 Å². The van der Waals surface area contributed by atoms with Crippen molar-refractivity contribution >= 4 is 16.0 Å². The molecule has 0 saturated heterocycles. The van der Waals surface area contributed by atoms with Gasteiger partial charge in [0.05, 0.1) is 0 Å². The molecule has 0 N–H and O–H groups in total. The summed E-state index contributed by atoms with van der Waals surface area (Å²) in [7, 11) is 0. The van der Waals surface area contributed by atoms with Crippen molar-refractivity contribution in [3.8, 4) is 0 Å². The molecule has 0 rings (SSSR count). The molecule has 0 aliphatic carbocycles. The van der Waals surface area contributed by atoms with Gasteiger partial charge in [-0.2, -0.15) is 0 Å². The van der Waals surface area contributed by atoms with E-state index in [1.807, 2.05) is 0 Å². The first-order valence-electron chi connectivity index (χ1n) is 7.00. The van der Waals surface area contributed by atoms with E-state index in [1.165, 1.54) is 82.4 Å². The first-order valence-corrected chi connectivity index (χ1v) is 8.21. The Balaban J connectivity index is 2.81. The van der Waals surface area contributed by atoms with Gasteiger partial charge in [0, 0.05) is 0 Å². The molecule has 0 aliphatic heterocycles. The number of unbranched alkanes of at least 4 members (excludes halogenated alkanes) is 11. The Morgan fingerprint density at radius 2 is 0.867 bits per heavy atom. The standard InChI is InChI=1S/C14H29Se/c1-2-3-4-5-6-7-8-9-10-11-12-13-14-15/h2-14H2,1H3. The number of rotatable bonds is 12. The molecule has 0 aromatic carbocycles. The minimum atomic E-state index is 1.25. The normalized spacial score (nSPS) is 10.8. The third-order valence-electron chi connectivity index (χ3n) is 3.00. The minimum absolute atomic E-state index is 1.25. The molecule has 0 aliphatic rings. The maximum absolute atomic E-state index is 3.08. The van der Waals surface area contributed by atoms with Crippen LogP contribution >= 0.6 is 0 Å². The second kappa shape index (κ2) is 14.5. The molecule has 0 saturated carbocycles. The molecule has 0 fully saturated rings. The molecular formula is C14H29Se. The third kappa shape index (κ3) is 14.5. The topological polar surface area (TPSA) is 0 Å². The quantitative estimate of drug-likeness (QED) is 0.336. The molecule has 91 valence electrons. The molecule has 15 heavy (non-hydrogen) atoms. The van der Waals surface area contributed by atoms with Crippen molar-refractivity contribution in [3.05, 3.63) is 0 Å². The van der Waals surface area contributed by atoms with Gasteiger partial charge in [-0.05, 0) is 0 Å². The van der Waals surface area contributed by atoms with E-state index >= 15 is 0 Å². The Hall–Kier alpha value is 0.519. The van der Waals surface area contributed by atoms with Crippen molar-refractivity contribution in [3.63, 3.8) is 0 Å². The zero-order valence-electron chi connectivity index (χ0n) is 10.6. The van der Waals surface area contributed by atoms with E-state index in [0.717, 1.165) is 0 Å². The van der Waals surface area contributed by atoms with E-state index in [0.29, 0.717) is 0 Å². The van der Waals surface area contributed by atoms with Gasteiger partial charge in [-0.25, -0.2) is 0 Å². The summed E-state index contributed by atoms with van der Waals surface area (Å²) < 4.78 is 0. The van der Waals surface area contributed by atoms with Gasteiger partial charge >= 0.3 is 92.0 Å². The SMILES string of the molecule is CCCCCCCCCCCCCC[Se]. The molecule has 0 amide bonds. The summed E-state index contributed by atoms with van der Waals surface area (Å²) in [4.78, 5) is 0. The molecule has 0 spiro atoms. The summed E-state index contributed by atoms with van der Waals surface area (Å²) in [5, 5.41) is 1.25. The molecule has 0 heterocycles. The summed E-state index contributed by atoms with van der Waals surface area (Å²) in [6.07, 6.45) is 17.4. The van der Waals surface area contributed by atoms with E-state index < -0.39 is 0 Å². The molecular weight excluding hydrogens is 247 g/mol. The summed E-state index contributed by atoms with van der Waals surface area (Å²) in [6, 6.07) is 0. The summed E-state index contributed by atoms with van der Waals surface area (Å²) in [5.74, 6) is 0. The fourth-order valence-electron chi connectivity index (χ4n) is 1.94. The Bertz CT molecular complexity index is 89.5. The molecule has 1 heteroatoms. The third-order valence-corrected chi connectivity index (χ3v) is 3.60. The van der Waals surface area contributed by atoms with Gasteiger partial charge in [0.15, 0.2) is 0 Å². The van der Waals surface area contributed by atoms with Gasteiger partial charge in [-0.3, -0.25) is 0 Å². The Morgan fingerprint density at radius 3 is 1.20 bits per heavy atom. The van der Waals surface area contributed by atoms with Gasteiger partial charge in [0.25, 0.3) is 0 Å². The zero-order valence-corrected chi connectivity index (χ0v) is 12.3. The Kier molecular flexibility index (Phi) is 15.0. The molecule has 0 aromatic rings. The van der Waals surface area contributed by atoms with Crippen molar-refractivity contribution in [1.82, 2.24) is 0 Å². The average molecular weight is 276 g/mol. The molecule has 1 radical (unpaired) electrons. The monoisotopic (exact) mass is 277 g/mol. The van der Waals surface area contributed by atoms with Crippen LogP contribution in [0.1, 0.15) is 84.0 Å². The summed E-state index contributed by atoms with van der Waals surface area (Å²) >= 11 is 3.08. The van der Waals surface area contributed by atoms with Crippen molar-refractivity contribution in [1.29, 1.82) is 0 Å². The predicted molar refractivity (Wildman–Crippen MR) is 71.6 cm³/mol.